The summed E-state index contributed by atoms with van der Waals surface area (Å²) in [5, 5.41) is 2.49. The van der Waals surface area contributed by atoms with Crippen LogP contribution in [0, 0.1) is 5.41 Å². The van der Waals surface area contributed by atoms with E-state index in [1.165, 1.54) is 33.1 Å². The van der Waals surface area contributed by atoms with Gasteiger partial charge in [0.15, 0.2) is 0 Å². The van der Waals surface area contributed by atoms with Crippen molar-refractivity contribution < 1.29 is 0 Å². The van der Waals surface area contributed by atoms with E-state index in [0.717, 1.165) is 11.2 Å². The highest BCUT2D eigenvalue weighted by molar-refractivity contribution is 5.99. The van der Waals surface area contributed by atoms with Crippen molar-refractivity contribution in [3.05, 3.63) is 59.3 Å². The van der Waals surface area contributed by atoms with Gasteiger partial charge in [-0.05, 0) is 51.0 Å². The van der Waals surface area contributed by atoms with Gasteiger partial charge in [0.2, 0.25) is 0 Å². The largest absolute Gasteiger partial charge is 0.296 e. The summed E-state index contributed by atoms with van der Waals surface area (Å²) in [6.07, 6.45) is 0. The molecule has 1 aliphatic rings. The standard InChI is InChI=1S/C28H34N2/c1-25(2,3)23-14-17-12-10-11-13-18(17)24-29-21-15-19-20(16-22(21)30(23)24)27(6,7)28(8,9)26(19,4)5/h10-16H,1-9H3. The topological polar surface area (TPSA) is 17.3 Å². The molecule has 0 N–H and O–H groups in total. The number of hydrogen-bond acceptors (Lipinski definition) is 1. The van der Waals surface area contributed by atoms with Crippen molar-refractivity contribution in [3.8, 4) is 0 Å². The highest BCUT2D eigenvalue weighted by Gasteiger charge is 2.57. The van der Waals surface area contributed by atoms with Crippen molar-refractivity contribution >= 4 is 27.5 Å². The van der Waals surface area contributed by atoms with E-state index < -0.39 is 0 Å². The molecule has 0 bridgehead atoms. The SMILES string of the molecule is CC(C)(C)c1cc2ccccc2c2nc3cc4c(cc3n12)C(C)(C)C(C)(C)C4(C)C. The summed E-state index contributed by atoms with van der Waals surface area (Å²) in [7, 11) is 0. The molecule has 2 heterocycles. The van der Waals surface area contributed by atoms with Crippen LogP contribution in [-0.4, -0.2) is 9.38 Å². The van der Waals surface area contributed by atoms with E-state index >= 15 is 0 Å². The number of rotatable bonds is 0. The van der Waals surface area contributed by atoms with Crippen LogP contribution in [0.15, 0.2) is 42.5 Å². The monoisotopic (exact) mass is 398 g/mol. The zero-order valence-corrected chi connectivity index (χ0v) is 19.9. The van der Waals surface area contributed by atoms with Crippen molar-refractivity contribution in [1.82, 2.24) is 9.38 Å². The molecule has 0 saturated heterocycles. The quantitative estimate of drug-likeness (QED) is 0.299. The smallest absolute Gasteiger partial charge is 0.146 e. The Morgan fingerprint density at radius 2 is 1.40 bits per heavy atom. The number of hydrogen-bond donors (Lipinski definition) is 0. The molecular weight excluding hydrogens is 364 g/mol. The highest BCUT2D eigenvalue weighted by Crippen LogP contribution is 2.62. The molecule has 2 aromatic heterocycles. The lowest BCUT2D eigenvalue weighted by Gasteiger charge is -2.44. The van der Waals surface area contributed by atoms with Crippen LogP contribution >= 0.6 is 0 Å². The third-order valence-corrected chi connectivity index (χ3v) is 8.77. The summed E-state index contributed by atoms with van der Waals surface area (Å²) in [6, 6.07) is 15.8. The Balaban J connectivity index is 1.99. The Labute approximate surface area is 180 Å². The van der Waals surface area contributed by atoms with Crippen molar-refractivity contribution in [2.45, 2.75) is 78.6 Å². The van der Waals surface area contributed by atoms with E-state index in [2.05, 4.69) is 109 Å². The van der Waals surface area contributed by atoms with Gasteiger partial charge >= 0.3 is 0 Å². The van der Waals surface area contributed by atoms with Crippen LogP contribution < -0.4 is 0 Å². The Bertz CT molecular complexity index is 1340. The Hall–Kier alpha value is -2.35. The molecule has 4 aromatic rings. The van der Waals surface area contributed by atoms with Gasteiger partial charge in [0.1, 0.15) is 5.65 Å². The molecule has 5 rings (SSSR count). The van der Waals surface area contributed by atoms with Gasteiger partial charge in [-0.15, -0.1) is 0 Å². The molecule has 0 spiro atoms. The Kier molecular flexibility index (Phi) is 3.57. The molecule has 0 unspecified atom stereocenters. The van der Waals surface area contributed by atoms with Crippen LogP contribution in [0.1, 0.15) is 79.1 Å². The van der Waals surface area contributed by atoms with Crippen LogP contribution in [0.25, 0.3) is 27.5 Å². The minimum atomic E-state index is 0.0169. The molecule has 0 radical (unpaired) electrons. The van der Waals surface area contributed by atoms with Crippen molar-refractivity contribution in [3.63, 3.8) is 0 Å². The van der Waals surface area contributed by atoms with Crippen LogP contribution in [0.5, 0.6) is 0 Å². The summed E-state index contributed by atoms with van der Waals surface area (Å²) in [5.74, 6) is 0. The third kappa shape index (κ3) is 2.18. The molecule has 156 valence electrons. The second-order valence-electron chi connectivity index (χ2n) is 11.9. The number of benzene rings is 2. The van der Waals surface area contributed by atoms with E-state index in [0.29, 0.717) is 0 Å². The van der Waals surface area contributed by atoms with Crippen molar-refractivity contribution in [2.24, 2.45) is 5.41 Å². The maximum Gasteiger partial charge on any atom is 0.146 e. The molecule has 30 heavy (non-hydrogen) atoms. The van der Waals surface area contributed by atoms with Gasteiger partial charge in [-0.1, -0.05) is 86.6 Å². The van der Waals surface area contributed by atoms with Gasteiger partial charge in [-0.3, -0.25) is 4.40 Å². The highest BCUT2D eigenvalue weighted by atomic mass is 15.0. The molecular formula is C28H34N2. The van der Waals surface area contributed by atoms with E-state index in [1.807, 2.05) is 0 Å². The van der Waals surface area contributed by atoms with Gasteiger partial charge in [-0.25, -0.2) is 4.98 Å². The van der Waals surface area contributed by atoms with Gasteiger partial charge < -0.3 is 0 Å². The number of aromatic nitrogens is 2. The fraction of sp³-hybridized carbons (Fsp3) is 0.464. The summed E-state index contributed by atoms with van der Waals surface area (Å²) in [4.78, 5) is 5.22. The number of nitrogens with zero attached hydrogens (tertiary/aromatic N) is 2. The zero-order valence-electron chi connectivity index (χ0n) is 19.9. The lowest BCUT2D eigenvalue weighted by Crippen LogP contribution is -2.42. The van der Waals surface area contributed by atoms with Crippen LogP contribution in [0.3, 0.4) is 0 Å². The first kappa shape index (κ1) is 19.6. The van der Waals surface area contributed by atoms with E-state index in [4.69, 9.17) is 4.98 Å². The zero-order chi connectivity index (χ0) is 21.9. The molecule has 0 atom stereocenters. The molecule has 0 aliphatic heterocycles. The summed E-state index contributed by atoms with van der Waals surface area (Å²) in [5.41, 5.74) is 8.00. The second-order valence-corrected chi connectivity index (χ2v) is 11.9. The lowest BCUT2D eigenvalue weighted by molar-refractivity contribution is 0.125. The summed E-state index contributed by atoms with van der Waals surface area (Å²) >= 11 is 0. The fourth-order valence-electron chi connectivity index (χ4n) is 5.63. The first-order chi connectivity index (χ1) is 13.8. The van der Waals surface area contributed by atoms with E-state index in [-0.39, 0.29) is 21.7 Å². The number of pyridine rings is 1. The third-order valence-electron chi connectivity index (χ3n) is 8.77. The van der Waals surface area contributed by atoms with Gasteiger partial charge in [0, 0.05) is 16.5 Å². The minimum Gasteiger partial charge on any atom is -0.296 e. The van der Waals surface area contributed by atoms with Gasteiger partial charge in [-0.2, -0.15) is 0 Å². The molecule has 2 nitrogen and oxygen atoms in total. The predicted molar refractivity (Wildman–Crippen MR) is 129 cm³/mol. The van der Waals surface area contributed by atoms with Crippen LogP contribution in [-0.2, 0) is 16.2 Å². The molecule has 0 fully saturated rings. The molecule has 1 aliphatic carbocycles. The van der Waals surface area contributed by atoms with Crippen molar-refractivity contribution in [1.29, 1.82) is 0 Å². The molecule has 2 heteroatoms. The number of imidazole rings is 1. The van der Waals surface area contributed by atoms with Gasteiger partial charge in [0.25, 0.3) is 0 Å². The molecule has 2 aromatic carbocycles. The Morgan fingerprint density at radius 3 is 2.03 bits per heavy atom. The minimum absolute atomic E-state index is 0.0169. The first-order valence-corrected chi connectivity index (χ1v) is 11.2. The number of fused-ring (bicyclic) bond motifs is 6. The lowest BCUT2D eigenvalue weighted by atomic mass is 9.59. The fourth-order valence-corrected chi connectivity index (χ4v) is 5.63. The van der Waals surface area contributed by atoms with Crippen LogP contribution in [0.4, 0.5) is 0 Å². The van der Waals surface area contributed by atoms with Crippen molar-refractivity contribution in [2.75, 3.05) is 0 Å². The first-order valence-electron chi connectivity index (χ1n) is 11.2. The summed E-state index contributed by atoms with van der Waals surface area (Å²) in [6.45, 7) is 21.4. The maximum atomic E-state index is 5.22. The van der Waals surface area contributed by atoms with Crippen LogP contribution in [0.2, 0.25) is 0 Å². The summed E-state index contributed by atoms with van der Waals surface area (Å²) < 4.78 is 2.42. The average molecular weight is 399 g/mol. The van der Waals surface area contributed by atoms with E-state index in [9.17, 15) is 0 Å². The predicted octanol–water partition coefficient (Wildman–Crippen LogP) is 7.53. The second kappa shape index (κ2) is 5.46. The van der Waals surface area contributed by atoms with E-state index in [1.54, 1.807) is 0 Å². The van der Waals surface area contributed by atoms with Gasteiger partial charge in [0.05, 0.1) is 11.0 Å². The average Bonchev–Trinajstić information content (AvgIpc) is 3.07. The maximum absolute atomic E-state index is 5.22. The normalized spacial score (nSPS) is 19.6. The molecule has 0 saturated carbocycles. The molecule has 0 amide bonds. The Morgan fingerprint density at radius 1 is 0.800 bits per heavy atom.